The molecule has 1 aromatic carbocycles. The number of amides is 1. The molecule has 0 spiro atoms. The van der Waals surface area contributed by atoms with Gasteiger partial charge in [-0.15, -0.1) is 0 Å². The van der Waals surface area contributed by atoms with Gasteiger partial charge in [-0.25, -0.2) is 4.39 Å². The van der Waals surface area contributed by atoms with Gasteiger partial charge in [0.2, 0.25) is 5.91 Å². The van der Waals surface area contributed by atoms with E-state index in [0.717, 1.165) is 18.7 Å². The maximum atomic E-state index is 13.1. The Morgan fingerprint density at radius 2 is 2.21 bits per heavy atom. The highest BCUT2D eigenvalue weighted by Crippen LogP contribution is 2.16. The zero-order valence-corrected chi connectivity index (χ0v) is 11.7. The number of hydrogen-bond acceptors (Lipinski definition) is 3. The maximum Gasteiger partial charge on any atom is 0.237 e. The molecular formula is C14H22FN3O. The van der Waals surface area contributed by atoms with Crippen LogP contribution in [0.25, 0.3) is 0 Å². The Bertz CT molecular complexity index is 438. The van der Waals surface area contributed by atoms with Gasteiger partial charge in [0.05, 0.1) is 5.54 Å². The first-order valence-electron chi connectivity index (χ1n) is 6.34. The number of primary amides is 1. The van der Waals surface area contributed by atoms with Crippen LogP contribution < -0.4 is 16.0 Å². The Morgan fingerprint density at radius 1 is 1.53 bits per heavy atom. The van der Waals surface area contributed by atoms with Gasteiger partial charge in [-0.3, -0.25) is 4.79 Å². The molecule has 0 fully saturated rings. The third kappa shape index (κ3) is 4.21. The molecule has 1 atom stereocenters. The Labute approximate surface area is 113 Å². The van der Waals surface area contributed by atoms with Crippen molar-refractivity contribution >= 4 is 11.6 Å². The first kappa shape index (κ1) is 15.4. The molecule has 0 saturated carbocycles. The van der Waals surface area contributed by atoms with Gasteiger partial charge in [-0.2, -0.15) is 0 Å². The van der Waals surface area contributed by atoms with Crippen LogP contribution >= 0.6 is 0 Å². The summed E-state index contributed by atoms with van der Waals surface area (Å²) in [4.78, 5) is 13.3. The fourth-order valence-corrected chi connectivity index (χ4v) is 1.88. The lowest BCUT2D eigenvalue weighted by molar-refractivity contribution is -0.123. The average Bonchev–Trinajstić information content (AvgIpc) is 2.38. The van der Waals surface area contributed by atoms with E-state index in [0.29, 0.717) is 6.42 Å². The summed E-state index contributed by atoms with van der Waals surface area (Å²) < 4.78 is 13.1. The normalized spacial score (nSPS) is 13.9. The van der Waals surface area contributed by atoms with Crippen molar-refractivity contribution < 1.29 is 9.18 Å². The molecule has 0 aliphatic rings. The molecule has 5 heteroatoms. The number of nitrogens with two attached hydrogens (primary N) is 1. The Kier molecular flexibility index (Phi) is 5.30. The molecule has 0 heterocycles. The van der Waals surface area contributed by atoms with Crippen molar-refractivity contribution in [3.05, 3.63) is 30.1 Å². The van der Waals surface area contributed by atoms with Crippen molar-refractivity contribution in [3.8, 4) is 0 Å². The van der Waals surface area contributed by atoms with Crippen LogP contribution in [0.5, 0.6) is 0 Å². The number of rotatable bonds is 7. The van der Waals surface area contributed by atoms with Gasteiger partial charge in [0.15, 0.2) is 0 Å². The summed E-state index contributed by atoms with van der Waals surface area (Å²) in [5.41, 5.74) is 5.50. The lowest BCUT2D eigenvalue weighted by Crippen LogP contribution is -2.51. The molecule has 1 amide bonds. The van der Waals surface area contributed by atoms with Crippen LogP contribution in [0, 0.1) is 5.82 Å². The van der Waals surface area contributed by atoms with Crippen LogP contribution in [-0.4, -0.2) is 32.1 Å². The molecule has 1 unspecified atom stereocenters. The lowest BCUT2D eigenvalue weighted by Gasteiger charge is -2.27. The predicted molar refractivity (Wildman–Crippen MR) is 75.6 cm³/mol. The van der Waals surface area contributed by atoms with Gasteiger partial charge in [-0.05, 0) is 45.0 Å². The van der Waals surface area contributed by atoms with E-state index in [-0.39, 0.29) is 11.7 Å². The molecule has 0 aliphatic heterocycles. The Balaban J connectivity index is 2.51. The number of nitrogens with zero attached hydrogens (tertiary/aromatic N) is 1. The SMILES string of the molecule is CNC(C)(CCCN(C)c1cccc(F)c1)C(N)=O. The van der Waals surface area contributed by atoms with Crippen LogP contribution in [0.15, 0.2) is 24.3 Å². The van der Waals surface area contributed by atoms with Gasteiger partial charge < -0.3 is 16.0 Å². The number of carbonyl (C=O) groups excluding carboxylic acids is 1. The minimum atomic E-state index is -0.692. The molecule has 0 radical (unpaired) electrons. The van der Waals surface area contributed by atoms with Crippen LogP contribution in [0.1, 0.15) is 19.8 Å². The molecule has 106 valence electrons. The molecule has 0 aromatic heterocycles. The van der Waals surface area contributed by atoms with E-state index in [4.69, 9.17) is 5.73 Å². The number of benzene rings is 1. The molecule has 0 saturated heterocycles. The first-order chi connectivity index (χ1) is 8.89. The highest BCUT2D eigenvalue weighted by Gasteiger charge is 2.28. The van der Waals surface area contributed by atoms with Crippen molar-refractivity contribution in [2.75, 3.05) is 25.5 Å². The first-order valence-corrected chi connectivity index (χ1v) is 6.34. The van der Waals surface area contributed by atoms with Gasteiger partial charge >= 0.3 is 0 Å². The Morgan fingerprint density at radius 3 is 2.74 bits per heavy atom. The number of anilines is 1. The van der Waals surface area contributed by atoms with Crippen molar-refractivity contribution in [1.82, 2.24) is 5.32 Å². The number of hydrogen-bond donors (Lipinski definition) is 2. The second kappa shape index (κ2) is 6.52. The van der Waals surface area contributed by atoms with Gasteiger partial charge in [0, 0.05) is 19.3 Å². The monoisotopic (exact) mass is 267 g/mol. The third-order valence-electron chi connectivity index (χ3n) is 3.51. The number of halogens is 1. The summed E-state index contributed by atoms with van der Waals surface area (Å²) in [7, 11) is 3.62. The summed E-state index contributed by atoms with van der Waals surface area (Å²) in [5, 5.41) is 2.95. The number of likely N-dealkylation sites (N-methyl/N-ethyl adjacent to an activating group) is 1. The van der Waals surface area contributed by atoms with E-state index < -0.39 is 5.54 Å². The second-order valence-electron chi connectivity index (χ2n) is 4.95. The van der Waals surface area contributed by atoms with Crippen molar-refractivity contribution in [3.63, 3.8) is 0 Å². The van der Waals surface area contributed by atoms with Crippen molar-refractivity contribution in [1.29, 1.82) is 0 Å². The van der Waals surface area contributed by atoms with Crippen LogP contribution in [-0.2, 0) is 4.79 Å². The summed E-state index contributed by atoms with van der Waals surface area (Å²) in [5.74, 6) is -0.607. The fourth-order valence-electron chi connectivity index (χ4n) is 1.88. The van der Waals surface area contributed by atoms with Crippen molar-refractivity contribution in [2.45, 2.75) is 25.3 Å². The molecule has 1 aromatic rings. The van der Waals surface area contributed by atoms with Crippen molar-refractivity contribution in [2.24, 2.45) is 5.73 Å². The van der Waals surface area contributed by atoms with Gasteiger partial charge in [-0.1, -0.05) is 6.07 Å². The van der Waals surface area contributed by atoms with Gasteiger partial charge in [0.25, 0.3) is 0 Å². The van der Waals surface area contributed by atoms with E-state index in [1.54, 1.807) is 20.0 Å². The zero-order chi connectivity index (χ0) is 14.5. The summed E-state index contributed by atoms with van der Waals surface area (Å²) in [6.07, 6.45) is 1.42. The standard InChI is InChI=1S/C14H22FN3O/c1-14(17-2,13(16)19)8-5-9-18(3)12-7-4-6-11(15)10-12/h4,6-7,10,17H,5,8-9H2,1-3H3,(H2,16,19). The van der Waals surface area contributed by atoms with Gasteiger partial charge in [0.1, 0.15) is 5.82 Å². The molecular weight excluding hydrogens is 245 g/mol. The van der Waals surface area contributed by atoms with E-state index in [1.165, 1.54) is 12.1 Å². The number of carbonyl (C=O) groups is 1. The molecule has 3 N–H and O–H groups in total. The second-order valence-corrected chi connectivity index (χ2v) is 4.95. The number of nitrogens with one attached hydrogen (secondary N) is 1. The van der Waals surface area contributed by atoms with E-state index >= 15 is 0 Å². The highest BCUT2D eigenvalue weighted by molar-refractivity contribution is 5.84. The summed E-state index contributed by atoms with van der Waals surface area (Å²) >= 11 is 0. The average molecular weight is 267 g/mol. The van der Waals surface area contributed by atoms with Crippen LogP contribution in [0.2, 0.25) is 0 Å². The summed E-state index contributed by atoms with van der Waals surface area (Å²) in [6.45, 7) is 2.52. The smallest absolute Gasteiger partial charge is 0.237 e. The zero-order valence-electron chi connectivity index (χ0n) is 11.7. The van der Waals surface area contributed by atoms with E-state index in [2.05, 4.69) is 5.32 Å². The fraction of sp³-hybridized carbons (Fsp3) is 0.500. The maximum absolute atomic E-state index is 13.1. The molecule has 1 rings (SSSR count). The minimum Gasteiger partial charge on any atom is -0.375 e. The minimum absolute atomic E-state index is 0.249. The van der Waals surface area contributed by atoms with E-state index in [1.807, 2.05) is 18.0 Å². The molecule has 0 aliphatic carbocycles. The molecule has 4 nitrogen and oxygen atoms in total. The third-order valence-corrected chi connectivity index (χ3v) is 3.51. The lowest BCUT2D eigenvalue weighted by atomic mass is 9.95. The largest absolute Gasteiger partial charge is 0.375 e. The molecule has 0 bridgehead atoms. The predicted octanol–water partition coefficient (Wildman–Crippen LogP) is 1.51. The summed E-state index contributed by atoms with van der Waals surface area (Å²) in [6, 6.07) is 6.45. The molecule has 19 heavy (non-hydrogen) atoms. The Hall–Kier alpha value is -1.62. The quantitative estimate of drug-likeness (QED) is 0.787. The highest BCUT2D eigenvalue weighted by atomic mass is 19.1. The van der Waals surface area contributed by atoms with E-state index in [9.17, 15) is 9.18 Å². The van der Waals surface area contributed by atoms with Crippen LogP contribution in [0.3, 0.4) is 0 Å². The topological polar surface area (TPSA) is 58.4 Å². The van der Waals surface area contributed by atoms with Crippen LogP contribution in [0.4, 0.5) is 10.1 Å².